The first-order valence-electron chi connectivity index (χ1n) is 6.30. The highest BCUT2D eigenvalue weighted by Gasteiger charge is 2.26. The highest BCUT2D eigenvalue weighted by Crippen LogP contribution is 2.23. The first-order valence-corrected chi connectivity index (χ1v) is 6.30. The largest absolute Gasteiger partial charge is 0.319 e. The minimum absolute atomic E-state index is 0.427. The summed E-state index contributed by atoms with van der Waals surface area (Å²) in [4.78, 5) is 4.60. The van der Waals surface area contributed by atoms with E-state index in [4.69, 9.17) is 5.73 Å². The van der Waals surface area contributed by atoms with Crippen molar-refractivity contribution in [2.24, 2.45) is 12.8 Å². The van der Waals surface area contributed by atoms with Crippen molar-refractivity contribution in [2.75, 3.05) is 0 Å². The van der Waals surface area contributed by atoms with Gasteiger partial charge in [0.15, 0.2) is 5.82 Å². The van der Waals surface area contributed by atoms with Crippen LogP contribution in [0.15, 0.2) is 30.3 Å². The number of hydrogen-bond acceptors (Lipinski definition) is 3. The topological polar surface area (TPSA) is 56.7 Å². The van der Waals surface area contributed by atoms with E-state index in [0.29, 0.717) is 0 Å². The van der Waals surface area contributed by atoms with Crippen LogP contribution in [0.5, 0.6) is 0 Å². The van der Waals surface area contributed by atoms with Gasteiger partial charge in [-0.05, 0) is 13.3 Å². The van der Waals surface area contributed by atoms with Crippen LogP contribution in [0.2, 0.25) is 0 Å². The molecule has 0 bridgehead atoms. The standard InChI is InChI=1S/C14H20N4/c1-4-10-14(2,15)13-16-12(17-18(13)3)11-8-6-5-7-9-11/h5-9H,4,10,15H2,1-3H3. The van der Waals surface area contributed by atoms with Gasteiger partial charge in [-0.3, -0.25) is 4.68 Å². The molecule has 0 spiro atoms. The zero-order valence-corrected chi connectivity index (χ0v) is 11.2. The molecule has 0 radical (unpaired) electrons. The van der Waals surface area contributed by atoms with Crippen molar-refractivity contribution in [3.05, 3.63) is 36.2 Å². The molecule has 2 aromatic rings. The lowest BCUT2D eigenvalue weighted by Gasteiger charge is -2.22. The maximum absolute atomic E-state index is 6.32. The van der Waals surface area contributed by atoms with E-state index in [1.165, 1.54) is 0 Å². The molecule has 4 nitrogen and oxygen atoms in total. The van der Waals surface area contributed by atoms with Gasteiger partial charge in [-0.2, -0.15) is 5.10 Å². The first-order chi connectivity index (χ1) is 8.54. The minimum atomic E-state index is -0.427. The first kappa shape index (κ1) is 12.8. The summed E-state index contributed by atoms with van der Waals surface area (Å²) in [6, 6.07) is 9.97. The van der Waals surface area contributed by atoms with Crippen LogP contribution < -0.4 is 5.73 Å². The maximum Gasteiger partial charge on any atom is 0.181 e. The third kappa shape index (κ3) is 2.43. The molecule has 0 aliphatic rings. The van der Waals surface area contributed by atoms with Gasteiger partial charge in [-0.1, -0.05) is 43.7 Å². The fraction of sp³-hybridized carbons (Fsp3) is 0.429. The molecule has 18 heavy (non-hydrogen) atoms. The van der Waals surface area contributed by atoms with Crippen LogP contribution in [-0.4, -0.2) is 14.8 Å². The normalized spacial score (nSPS) is 14.4. The minimum Gasteiger partial charge on any atom is -0.319 e. The van der Waals surface area contributed by atoms with E-state index in [0.717, 1.165) is 30.1 Å². The Morgan fingerprint density at radius 2 is 1.94 bits per heavy atom. The molecular formula is C14H20N4. The van der Waals surface area contributed by atoms with Gasteiger partial charge in [0.05, 0.1) is 5.54 Å². The predicted molar refractivity (Wildman–Crippen MR) is 72.9 cm³/mol. The molecule has 0 saturated carbocycles. The van der Waals surface area contributed by atoms with E-state index in [1.54, 1.807) is 4.68 Å². The third-order valence-electron chi connectivity index (χ3n) is 3.08. The summed E-state index contributed by atoms with van der Waals surface area (Å²) >= 11 is 0. The van der Waals surface area contributed by atoms with Crippen molar-refractivity contribution in [1.29, 1.82) is 0 Å². The molecule has 1 unspecified atom stereocenters. The second kappa shape index (κ2) is 4.90. The SMILES string of the molecule is CCCC(C)(N)c1nc(-c2ccccc2)nn1C. The van der Waals surface area contributed by atoms with Crippen LogP contribution in [-0.2, 0) is 12.6 Å². The second-order valence-corrected chi connectivity index (χ2v) is 4.92. The van der Waals surface area contributed by atoms with Gasteiger partial charge < -0.3 is 5.73 Å². The zero-order chi connectivity index (χ0) is 13.2. The molecule has 1 heterocycles. The van der Waals surface area contributed by atoms with Crippen LogP contribution in [0.1, 0.15) is 32.5 Å². The van der Waals surface area contributed by atoms with Gasteiger partial charge >= 0.3 is 0 Å². The van der Waals surface area contributed by atoms with Gasteiger partial charge in [0.25, 0.3) is 0 Å². The van der Waals surface area contributed by atoms with Gasteiger partial charge in [0, 0.05) is 12.6 Å². The lowest BCUT2D eigenvalue weighted by molar-refractivity contribution is 0.401. The number of benzene rings is 1. The van der Waals surface area contributed by atoms with Crippen molar-refractivity contribution < 1.29 is 0 Å². The predicted octanol–water partition coefficient (Wildman–Crippen LogP) is 2.46. The highest BCUT2D eigenvalue weighted by atomic mass is 15.3. The van der Waals surface area contributed by atoms with Crippen molar-refractivity contribution in [2.45, 2.75) is 32.2 Å². The third-order valence-corrected chi connectivity index (χ3v) is 3.08. The molecule has 1 atom stereocenters. The van der Waals surface area contributed by atoms with Gasteiger partial charge in [0.2, 0.25) is 0 Å². The zero-order valence-electron chi connectivity index (χ0n) is 11.2. The van der Waals surface area contributed by atoms with Crippen LogP contribution >= 0.6 is 0 Å². The molecule has 2 rings (SSSR count). The fourth-order valence-electron chi connectivity index (χ4n) is 2.22. The quantitative estimate of drug-likeness (QED) is 0.898. The van der Waals surface area contributed by atoms with E-state index < -0.39 is 5.54 Å². The number of aryl methyl sites for hydroxylation is 1. The summed E-state index contributed by atoms with van der Waals surface area (Å²) in [6.07, 6.45) is 1.92. The molecule has 1 aromatic carbocycles. The van der Waals surface area contributed by atoms with E-state index in [1.807, 2.05) is 44.3 Å². The Morgan fingerprint density at radius 1 is 1.28 bits per heavy atom. The lowest BCUT2D eigenvalue weighted by atomic mass is 9.97. The number of hydrogen-bond donors (Lipinski definition) is 1. The van der Waals surface area contributed by atoms with E-state index in [9.17, 15) is 0 Å². The van der Waals surface area contributed by atoms with Crippen LogP contribution in [0.25, 0.3) is 11.4 Å². The molecule has 2 N–H and O–H groups in total. The fourth-order valence-corrected chi connectivity index (χ4v) is 2.22. The molecule has 0 aliphatic carbocycles. The summed E-state index contributed by atoms with van der Waals surface area (Å²) in [5.41, 5.74) is 6.91. The Morgan fingerprint density at radius 3 is 2.56 bits per heavy atom. The Hall–Kier alpha value is -1.68. The van der Waals surface area contributed by atoms with Crippen molar-refractivity contribution in [1.82, 2.24) is 14.8 Å². The summed E-state index contributed by atoms with van der Waals surface area (Å²) in [5, 5.41) is 4.45. The summed E-state index contributed by atoms with van der Waals surface area (Å²) in [5.74, 6) is 1.57. The molecule has 0 aliphatic heterocycles. The Balaban J connectivity index is 2.39. The molecular weight excluding hydrogens is 224 g/mol. The Labute approximate surface area is 108 Å². The van der Waals surface area contributed by atoms with E-state index >= 15 is 0 Å². The molecule has 1 aromatic heterocycles. The summed E-state index contributed by atoms with van der Waals surface area (Å²) in [7, 11) is 1.90. The van der Waals surface area contributed by atoms with Crippen LogP contribution in [0, 0.1) is 0 Å². The highest BCUT2D eigenvalue weighted by molar-refractivity contribution is 5.54. The number of nitrogens with two attached hydrogens (primary N) is 1. The molecule has 0 fully saturated rings. The van der Waals surface area contributed by atoms with E-state index in [-0.39, 0.29) is 0 Å². The average molecular weight is 244 g/mol. The number of aromatic nitrogens is 3. The van der Waals surface area contributed by atoms with Crippen LogP contribution in [0.3, 0.4) is 0 Å². The monoisotopic (exact) mass is 244 g/mol. The number of rotatable bonds is 4. The average Bonchev–Trinajstić information content (AvgIpc) is 2.73. The molecule has 4 heteroatoms. The summed E-state index contributed by atoms with van der Waals surface area (Å²) < 4.78 is 1.79. The van der Waals surface area contributed by atoms with Crippen LogP contribution in [0.4, 0.5) is 0 Å². The lowest BCUT2D eigenvalue weighted by Crippen LogP contribution is -2.35. The van der Waals surface area contributed by atoms with E-state index in [2.05, 4.69) is 17.0 Å². The van der Waals surface area contributed by atoms with Crippen molar-refractivity contribution >= 4 is 0 Å². The molecule has 0 amide bonds. The van der Waals surface area contributed by atoms with Crippen molar-refractivity contribution in [3.8, 4) is 11.4 Å². The summed E-state index contributed by atoms with van der Waals surface area (Å²) in [6.45, 7) is 4.13. The molecule has 96 valence electrons. The molecule has 0 saturated heterocycles. The van der Waals surface area contributed by atoms with Crippen molar-refractivity contribution in [3.63, 3.8) is 0 Å². The number of nitrogens with zero attached hydrogens (tertiary/aromatic N) is 3. The van der Waals surface area contributed by atoms with Gasteiger partial charge in [-0.25, -0.2) is 4.98 Å². The van der Waals surface area contributed by atoms with Gasteiger partial charge in [-0.15, -0.1) is 0 Å². The smallest absolute Gasteiger partial charge is 0.181 e. The maximum atomic E-state index is 6.32. The van der Waals surface area contributed by atoms with Gasteiger partial charge in [0.1, 0.15) is 5.82 Å². The Bertz CT molecular complexity index is 514. The second-order valence-electron chi connectivity index (χ2n) is 4.92. The Kier molecular flexibility index (Phi) is 3.48.